The normalized spacial score (nSPS) is 11.5. The van der Waals surface area contributed by atoms with E-state index in [1.54, 1.807) is 0 Å². The first kappa shape index (κ1) is 17.1. The van der Waals surface area contributed by atoms with E-state index < -0.39 is 0 Å². The van der Waals surface area contributed by atoms with Crippen LogP contribution in [0.25, 0.3) is 0 Å². The molecular formula is C16H28N2O2. The molecule has 1 rings (SSSR count). The topological polar surface area (TPSA) is 43.4 Å². The maximum Gasteiger partial charge on any atom is 0.0889 e. The third kappa shape index (κ3) is 8.25. The van der Waals surface area contributed by atoms with Gasteiger partial charge in [0.2, 0.25) is 0 Å². The van der Waals surface area contributed by atoms with Crippen LogP contribution < -0.4 is 5.32 Å². The lowest BCUT2D eigenvalue weighted by atomic mass is 10.2. The van der Waals surface area contributed by atoms with Crippen molar-refractivity contribution in [3.63, 3.8) is 0 Å². The van der Waals surface area contributed by atoms with Crippen LogP contribution >= 0.6 is 0 Å². The van der Waals surface area contributed by atoms with Gasteiger partial charge in [0.15, 0.2) is 0 Å². The summed E-state index contributed by atoms with van der Waals surface area (Å²) < 4.78 is 10.9. The first-order valence-electron chi connectivity index (χ1n) is 7.41. The predicted molar refractivity (Wildman–Crippen MR) is 81.5 cm³/mol. The van der Waals surface area contributed by atoms with Crippen molar-refractivity contribution in [2.45, 2.75) is 47.0 Å². The van der Waals surface area contributed by atoms with Crippen LogP contribution in [-0.2, 0) is 22.6 Å². The fourth-order valence-electron chi connectivity index (χ4n) is 1.67. The van der Waals surface area contributed by atoms with Crippen molar-refractivity contribution >= 4 is 0 Å². The lowest BCUT2D eigenvalue weighted by Gasteiger charge is -2.09. The van der Waals surface area contributed by atoms with Crippen LogP contribution in [0.1, 0.15) is 39.0 Å². The van der Waals surface area contributed by atoms with Crippen molar-refractivity contribution in [1.29, 1.82) is 0 Å². The van der Waals surface area contributed by atoms with Gasteiger partial charge in [-0.25, -0.2) is 0 Å². The van der Waals surface area contributed by atoms with Gasteiger partial charge < -0.3 is 14.8 Å². The second kappa shape index (κ2) is 9.86. The zero-order chi connectivity index (χ0) is 14.8. The fourth-order valence-corrected chi connectivity index (χ4v) is 1.67. The van der Waals surface area contributed by atoms with Crippen molar-refractivity contribution in [3.05, 3.63) is 29.6 Å². The minimum Gasteiger partial charge on any atom is -0.376 e. The Labute approximate surface area is 122 Å². The van der Waals surface area contributed by atoms with Crippen molar-refractivity contribution in [1.82, 2.24) is 10.3 Å². The Bertz CT molecular complexity index is 350. The molecule has 0 saturated carbocycles. The molecule has 0 saturated heterocycles. The molecule has 0 spiro atoms. The van der Waals surface area contributed by atoms with Gasteiger partial charge in [-0.15, -0.1) is 0 Å². The number of nitrogens with zero attached hydrogens (tertiary/aromatic N) is 1. The first-order valence-corrected chi connectivity index (χ1v) is 7.41. The monoisotopic (exact) mass is 280 g/mol. The zero-order valence-electron chi connectivity index (χ0n) is 13.2. The van der Waals surface area contributed by atoms with Gasteiger partial charge in [-0.3, -0.25) is 4.98 Å². The smallest absolute Gasteiger partial charge is 0.0889 e. The Morgan fingerprint density at radius 2 is 1.95 bits per heavy atom. The average molecular weight is 280 g/mol. The SMILES string of the molecule is CC(C)CNCc1ccc(COCCOC(C)C)nc1. The minimum absolute atomic E-state index is 0.259. The van der Waals surface area contributed by atoms with E-state index in [2.05, 4.69) is 30.2 Å². The zero-order valence-corrected chi connectivity index (χ0v) is 13.2. The number of pyridine rings is 1. The number of hydrogen-bond acceptors (Lipinski definition) is 4. The van der Waals surface area contributed by atoms with Crippen LogP contribution in [0.5, 0.6) is 0 Å². The molecule has 0 aliphatic carbocycles. The highest BCUT2D eigenvalue weighted by Crippen LogP contribution is 2.02. The number of aromatic nitrogens is 1. The molecule has 0 aliphatic rings. The molecule has 0 radical (unpaired) electrons. The molecule has 0 fully saturated rings. The predicted octanol–water partition coefficient (Wildman–Crippen LogP) is 2.77. The molecule has 0 aromatic carbocycles. The van der Waals surface area contributed by atoms with E-state index in [0.717, 1.165) is 18.8 Å². The second-order valence-corrected chi connectivity index (χ2v) is 5.65. The summed E-state index contributed by atoms with van der Waals surface area (Å²) in [5, 5.41) is 3.40. The van der Waals surface area contributed by atoms with Gasteiger partial charge in [-0.1, -0.05) is 19.9 Å². The largest absolute Gasteiger partial charge is 0.376 e. The number of rotatable bonds is 10. The average Bonchev–Trinajstić information content (AvgIpc) is 2.39. The Morgan fingerprint density at radius 3 is 2.55 bits per heavy atom. The molecule has 1 aromatic heterocycles. The van der Waals surface area contributed by atoms with Gasteiger partial charge in [0.25, 0.3) is 0 Å². The van der Waals surface area contributed by atoms with E-state index in [4.69, 9.17) is 9.47 Å². The van der Waals surface area contributed by atoms with E-state index in [1.807, 2.05) is 26.1 Å². The van der Waals surface area contributed by atoms with Crippen molar-refractivity contribution < 1.29 is 9.47 Å². The third-order valence-electron chi connectivity index (χ3n) is 2.70. The summed E-state index contributed by atoms with van der Waals surface area (Å²) in [7, 11) is 0. The van der Waals surface area contributed by atoms with Gasteiger partial charge in [0.1, 0.15) is 0 Å². The van der Waals surface area contributed by atoms with Crippen LogP contribution in [0.4, 0.5) is 0 Å². The molecule has 1 heterocycles. The third-order valence-corrected chi connectivity index (χ3v) is 2.70. The molecule has 0 aliphatic heterocycles. The van der Waals surface area contributed by atoms with E-state index in [1.165, 1.54) is 5.56 Å². The van der Waals surface area contributed by atoms with Gasteiger partial charge in [-0.05, 0) is 37.9 Å². The summed E-state index contributed by atoms with van der Waals surface area (Å²) in [6, 6.07) is 4.12. The van der Waals surface area contributed by atoms with Crippen molar-refractivity contribution in [2.75, 3.05) is 19.8 Å². The molecule has 0 unspecified atom stereocenters. The number of hydrogen-bond donors (Lipinski definition) is 1. The summed E-state index contributed by atoms with van der Waals surface area (Å²) in [4.78, 5) is 4.40. The molecule has 0 amide bonds. The van der Waals surface area contributed by atoms with E-state index in [0.29, 0.717) is 25.7 Å². The summed E-state index contributed by atoms with van der Waals surface area (Å²) in [6.45, 7) is 12.1. The summed E-state index contributed by atoms with van der Waals surface area (Å²) in [5.41, 5.74) is 2.17. The Kier molecular flexibility index (Phi) is 8.42. The van der Waals surface area contributed by atoms with Crippen LogP contribution in [0.15, 0.2) is 18.3 Å². The number of ether oxygens (including phenoxy) is 2. The molecule has 1 aromatic rings. The van der Waals surface area contributed by atoms with E-state index in [9.17, 15) is 0 Å². The van der Waals surface area contributed by atoms with Crippen LogP contribution in [-0.4, -0.2) is 30.8 Å². The number of nitrogens with one attached hydrogen (secondary N) is 1. The quantitative estimate of drug-likeness (QED) is 0.669. The van der Waals surface area contributed by atoms with Gasteiger partial charge in [0, 0.05) is 12.7 Å². The van der Waals surface area contributed by atoms with Crippen LogP contribution in [0, 0.1) is 5.92 Å². The van der Waals surface area contributed by atoms with Crippen LogP contribution in [0.2, 0.25) is 0 Å². The summed E-state index contributed by atoms with van der Waals surface area (Å²) >= 11 is 0. The molecule has 114 valence electrons. The standard InChI is InChI=1S/C16H28N2O2/c1-13(2)9-17-10-15-5-6-16(18-11-15)12-19-7-8-20-14(3)4/h5-6,11,13-14,17H,7-10,12H2,1-4H3. The molecule has 0 atom stereocenters. The van der Waals surface area contributed by atoms with Crippen LogP contribution in [0.3, 0.4) is 0 Å². The highest BCUT2D eigenvalue weighted by molar-refractivity contribution is 5.13. The van der Waals surface area contributed by atoms with Crippen molar-refractivity contribution in [3.8, 4) is 0 Å². The summed E-state index contributed by atoms with van der Waals surface area (Å²) in [5.74, 6) is 0.670. The first-order chi connectivity index (χ1) is 9.58. The second-order valence-electron chi connectivity index (χ2n) is 5.65. The van der Waals surface area contributed by atoms with Gasteiger partial charge >= 0.3 is 0 Å². The Morgan fingerprint density at radius 1 is 1.15 bits per heavy atom. The molecule has 20 heavy (non-hydrogen) atoms. The van der Waals surface area contributed by atoms with Crippen molar-refractivity contribution in [2.24, 2.45) is 5.92 Å². The maximum atomic E-state index is 5.52. The lowest BCUT2D eigenvalue weighted by Crippen LogP contribution is -2.19. The van der Waals surface area contributed by atoms with E-state index in [-0.39, 0.29) is 6.10 Å². The Hall–Kier alpha value is -0.970. The van der Waals surface area contributed by atoms with E-state index >= 15 is 0 Å². The highest BCUT2D eigenvalue weighted by atomic mass is 16.5. The summed E-state index contributed by atoms with van der Waals surface area (Å²) in [6.07, 6.45) is 2.17. The fraction of sp³-hybridized carbons (Fsp3) is 0.688. The molecular weight excluding hydrogens is 252 g/mol. The minimum atomic E-state index is 0.259. The molecule has 4 heteroatoms. The lowest BCUT2D eigenvalue weighted by molar-refractivity contribution is 0.0135. The molecule has 0 bridgehead atoms. The Balaban J connectivity index is 2.18. The highest BCUT2D eigenvalue weighted by Gasteiger charge is 1.99. The van der Waals surface area contributed by atoms with Gasteiger partial charge in [0.05, 0.1) is 31.6 Å². The maximum absolute atomic E-state index is 5.52. The molecule has 4 nitrogen and oxygen atoms in total. The molecule has 1 N–H and O–H groups in total. The van der Waals surface area contributed by atoms with Gasteiger partial charge in [-0.2, -0.15) is 0 Å².